The van der Waals surface area contributed by atoms with E-state index in [1.807, 2.05) is 24.3 Å². The number of hydrogen-bond donors (Lipinski definition) is 0. The summed E-state index contributed by atoms with van der Waals surface area (Å²) in [5.41, 5.74) is 0. The van der Waals surface area contributed by atoms with Crippen molar-refractivity contribution in [2.75, 3.05) is 38.6 Å². The third-order valence-corrected chi connectivity index (χ3v) is 4.59. The molecule has 2 atom stereocenters. The van der Waals surface area contributed by atoms with Crippen molar-refractivity contribution in [3.8, 4) is 0 Å². The van der Waals surface area contributed by atoms with E-state index in [9.17, 15) is 0 Å². The van der Waals surface area contributed by atoms with E-state index >= 15 is 0 Å². The Morgan fingerprint density at radius 1 is 1.19 bits per heavy atom. The maximum atomic E-state index is 5.86. The minimum absolute atomic E-state index is 0.328. The van der Waals surface area contributed by atoms with Gasteiger partial charge < -0.3 is 9.47 Å². The summed E-state index contributed by atoms with van der Waals surface area (Å²) in [6.45, 7) is 8.84. The number of benzene rings is 1. The molecular formula is C16H24ClNO2S. The fourth-order valence-corrected chi connectivity index (χ4v) is 3.40. The third kappa shape index (κ3) is 6.57. The molecule has 1 fully saturated rings. The molecule has 0 N–H and O–H groups in total. The average molecular weight is 330 g/mol. The normalized spacial score (nSPS) is 23.4. The Morgan fingerprint density at radius 2 is 1.86 bits per heavy atom. The van der Waals surface area contributed by atoms with Crippen molar-refractivity contribution in [2.24, 2.45) is 0 Å². The molecule has 0 saturated carbocycles. The number of morpholine rings is 1. The van der Waals surface area contributed by atoms with Gasteiger partial charge in [0.15, 0.2) is 0 Å². The van der Waals surface area contributed by atoms with Crippen LogP contribution < -0.4 is 0 Å². The molecule has 3 nitrogen and oxygen atoms in total. The summed E-state index contributed by atoms with van der Waals surface area (Å²) < 4.78 is 11.4. The van der Waals surface area contributed by atoms with Crippen LogP contribution in [0, 0.1) is 0 Å². The summed E-state index contributed by atoms with van der Waals surface area (Å²) in [6, 6.07) is 7.93. The molecule has 1 aromatic carbocycles. The molecule has 1 aliphatic rings. The van der Waals surface area contributed by atoms with Gasteiger partial charge in [-0.1, -0.05) is 11.6 Å². The van der Waals surface area contributed by atoms with Gasteiger partial charge in [-0.05, 0) is 38.1 Å². The molecule has 0 radical (unpaired) electrons. The van der Waals surface area contributed by atoms with Crippen LogP contribution in [0.1, 0.15) is 13.8 Å². The molecule has 2 rings (SSSR count). The average Bonchev–Trinajstić information content (AvgIpc) is 2.43. The summed E-state index contributed by atoms with van der Waals surface area (Å²) >= 11 is 7.66. The molecule has 1 heterocycles. The molecule has 0 aromatic heterocycles. The Hall–Kier alpha value is -0.260. The molecule has 0 amide bonds. The van der Waals surface area contributed by atoms with E-state index in [2.05, 4.69) is 18.7 Å². The summed E-state index contributed by atoms with van der Waals surface area (Å²) in [4.78, 5) is 3.66. The summed E-state index contributed by atoms with van der Waals surface area (Å²) in [5, 5.41) is 0.782. The highest BCUT2D eigenvalue weighted by molar-refractivity contribution is 7.99. The first-order chi connectivity index (χ1) is 10.1. The number of hydrogen-bond acceptors (Lipinski definition) is 4. The maximum Gasteiger partial charge on any atom is 0.0678 e. The molecule has 21 heavy (non-hydrogen) atoms. The summed E-state index contributed by atoms with van der Waals surface area (Å²) in [7, 11) is 0. The zero-order chi connectivity index (χ0) is 15.1. The van der Waals surface area contributed by atoms with Crippen molar-refractivity contribution in [1.82, 2.24) is 4.90 Å². The van der Waals surface area contributed by atoms with Crippen LogP contribution in [0.15, 0.2) is 29.2 Å². The smallest absolute Gasteiger partial charge is 0.0678 e. The van der Waals surface area contributed by atoms with Crippen LogP contribution in [0.4, 0.5) is 0 Å². The van der Waals surface area contributed by atoms with Gasteiger partial charge in [0.05, 0.1) is 25.4 Å². The van der Waals surface area contributed by atoms with E-state index < -0.39 is 0 Å². The second-order valence-corrected chi connectivity index (χ2v) is 7.04. The Morgan fingerprint density at radius 3 is 2.52 bits per heavy atom. The second-order valence-electron chi connectivity index (χ2n) is 5.43. The first-order valence-corrected chi connectivity index (χ1v) is 8.84. The van der Waals surface area contributed by atoms with Gasteiger partial charge in [0.2, 0.25) is 0 Å². The number of nitrogens with zero attached hydrogens (tertiary/aromatic N) is 1. The molecule has 0 bridgehead atoms. The SMILES string of the molecule is C[C@@H]1CN(CCOCCSc2ccc(Cl)cc2)C[C@H](C)O1. The number of ether oxygens (including phenoxy) is 2. The van der Waals surface area contributed by atoms with Crippen molar-refractivity contribution in [3.63, 3.8) is 0 Å². The third-order valence-electron chi connectivity index (χ3n) is 3.36. The lowest BCUT2D eigenvalue weighted by Gasteiger charge is -2.35. The van der Waals surface area contributed by atoms with Crippen LogP contribution in [0.3, 0.4) is 0 Å². The summed E-state index contributed by atoms with van der Waals surface area (Å²) in [5.74, 6) is 0.970. The van der Waals surface area contributed by atoms with E-state index in [1.54, 1.807) is 11.8 Å². The predicted molar refractivity (Wildman–Crippen MR) is 89.4 cm³/mol. The minimum Gasteiger partial charge on any atom is -0.379 e. The van der Waals surface area contributed by atoms with Crippen LogP contribution in [0.25, 0.3) is 0 Å². The molecule has 1 aliphatic heterocycles. The molecule has 0 spiro atoms. The van der Waals surface area contributed by atoms with Crippen LogP contribution >= 0.6 is 23.4 Å². The first kappa shape index (κ1) is 17.1. The fraction of sp³-hybridized carbons (Fsp3) is 0.625. The van der Waals surface area contributed by atoms with Crippen LogP contribution in [0.2, 0.25) is 5.02 Å². The van der Waals surface area contributed by atoms with Gasteiger partial charge in [0.25, 0.3) is 0 Å². The zero-order valence-corrected chi connectivity index (χ0v) is 14.3. The monoisotopic (exact) mass is 329 g/mol. The molecule has 1 aromatic rings. The topological polar surface area (TPSA) is 21.7 Å². The van der Waals surface area contributed by atoms with Crippen molar-refractivity contribution < 1.29 is 9.47 Å². The Kier molecular flexibility index (Phi) is 7.34. The molecule has 1 saturated heterocycles. The lowest BCUT2D eigenvalue weighted by Crippen LogP contribution is -2.46. The van der Waals surface area contributed by atoms with Crippen molar-refractivity contribution >= 4 is 23.4 Å². The highest BCUT2D eigenvalue weighted by atomic mass is 35.5. The van der Waals surface area contributed by atoms with Gasteiger partial charge in [-0.3, -0.25) is 4.90 Å². The highest BCUT2D eigenvalue weighted by Gasteiger charge is 2.21. The lowest BCUT2D eigenvalue weighted by atomic mass is 10.2. The van der Waals surface area contributed by atoms with Gasteiger partial charge in [0.1, 0.15) is 0 Å². The van der Waals surface area contributed by atoms with Crippen molar-refractivity contribution in [3.05, 3.63) is 29.3 Å². The van der Waals surface area contributed by atoms with E-state index in [0.717, 1.165) is 43.6 Å². The second kappa shape index (κ2) is 9.01. The first-order valence-electron chi connectivity index (χ1n) is 7.47. The number of thioether (sulfide) groups is 1. The van der Waals surface area contributed by atoms with Crippen molar-refractivity contribution in [1.29, 1.82) is 0 Å². The van der Waals surface area contributed by atoms with Crippen LogP contribution in [-0.2, 0) is 9.47 Å². The number of halogens is 1. The molecular weight excluding hydrogens is 306 g/mol. The van der Waals surface area contributed by atoms with Crippen LogP contribution in [0.5, 0.6) is 0 Å². The number of rotatable bonds is 7. The van der Waals surface area contributed by atoms with E-state index in [-0.39, 0.29) is 0 Å². The van der Waals surface area contributed by atoms with E-state index in [1.165, 1.54) is 4.90 Å². The van der Waals surface area contributed by atoms with Gasteiger partial charge in [0, 0.05) is 35.3 Å². The van der Waals surface area contributed by atoms with Gasteiger partial charge in [-0.2, -0.15) is 0 Å². The maximum absolute atomic E-state index is 5.86. The predicted octanol–water partition coefficient (Wildman–Crippen LogP) is 3.56. The zero-order valence-electron chi connectivity index (χ0n) is 12.8. The largest absolute Gasteiger partial charge is 0.379 e. The fourth-order valence-electron chi connectivity index (χ4n) is 2.51. The quantitative estimate of drug-likeness (QED) is 0.563. The van der Waals surface area contributed by atoms with E-state index in [4.69, 9.17) is 21.1 Å². The lowest BCUT2D eigenvalue weighted by molar-refractivity contribution is -0.0726. The Labute approximate surface area is 136 Å². The van der Waals surface area contributed by atoms with E-state index in [0.29, 0.717) is 12.2 Å². The van der Waals surface area contributed by atoms with Gasteiger partial charge >= 0.3 is 0 Å². The molecule has 5 heteroatoms. The molecule has 0 unspecified atom stereocenters. The minimum atomic E-state index is 0.328. The standard InChI is InChI=1S/C16H24ClNO2S/c1-13-11-18(12-14(2)20-13)7-8-19-9-10-21-16-5-3-15(17)4-6-16/h3-6,13-14H,7-12H2,1-2H3/t13-,14+. The summed E-state index contributed by atoms with van der Waals surface area (Å²) in [6.07, 6.45) is 0.656. The van der Waals surface area contributed by atoms with Gasteiger partial charge in [-0.15, -0.1) is 11.8 Å². The van der Waals surface area contributed by atoms with Crippen molar-refractivity contribution in [2.45, 2.75) is 31.0 Å². The Balaban J connectivity index is 1.53. The Bertz CT molecular complexity index is 405. The highest BCUT2D eigenvalue weighted by Crippen LogP contribution is 2.19. The molecule has 118 valence electrons. The van der Waals surface area contributed by atoms with Gasteiger partial charge in [-0.25, -0.2) is 0 Å². The molecule has 0 aliphatic carbocycles. The van der Waals surface area contributed by atoms with Crippen LogP contribution in [-0.4, -0.2) is 55.7 Å².